The van der Waals surface area contributed by atoms with Crippen LogP contribution in [0.4, 0.5) is 5.13 Å². The summed E-state index contributed by atoms with van der Waals surface area (Å²) in [6.07, 6.45) is 1.19. The standard InChI is InChI=1S/C28H22Cl2N2O6S/c1-36-24(27(34)35)13-19-20(29)11-17(12-21(19)30)26(33)32-28-31-22(15-39-28)18-9-6-10-23(25(18)37-2)38-14-16-7-4-3-5-8-16/h3-13,15H,14H2,1-2H3,(H,34,35)(H,31,32,33). The Morgan fingerprint density at radius 2 is 1.77 bits per heavy atom. The first kappa shape index (κ1) is 28.0. The van der Waals surface area contributed by atoms with Gasteiger partial charge in [-0.05, 0) is 35.9 Å². The fourth-order valence-electron chi connectivity index (χ4n) is 3.59. The minimum atomic E-state index is -1.28. The molecule has 39 heavy (non-hydrogen) atoms. The number of nitrogens with zero attached hydrogens (tertiary/aromatic N) is 1. The van der Waals surface area contributed by atoms with Crippen molar-refractivity contribution in [2.75, 3.05) is 19.5 Å². The highest BCUT2D eigenvalue weighted by Gasteiger charge is 2.18. The maximum absolute atomic E-state index is 12.9. The quantitative estimate of drug-likeness (QED) is 0.152. The van der Waals surface area contributed by atoms with Gasteiger partial charge >= 0.3 is 5.97 Å². The molecule has 0 aliphatic heterocycles. The monoisotopic (exact) mass is 584 g/mol. The van der Waals surface area contributed by atoms with Gasteiger partial charge in [0.2, 0.25) is 5.76 Å². The lowest BCUT2D eigenvalue weighted by atomic mass is 10.1. The molecule has 3 aromatic carbocycles. The molecule has 4 aromatic rings. The Balaban J connectivity index is 1.52. The van der Waals surface area contributed by atoms with E-state index in [0.717, 1.165) is 5.56 Å². The average molecular weight is 585 g/mol. The van der Waals surface area contributed by atoms with Crippen LogP contribution in [0.3, 0.4) is 0 Å². The van der Waals surface area contributed by atoms with Crippen LogP contribution >= 0.6 is 34.5 Å². The van der Waals surface area contributed by atoms with Gasteiger partial charge in [-0.3, -0.25) is 10.1 Å². The van der Waals surface area contributed by atoms with Crippen molar-refractivity contribution in [3.05, 3.63) is 98.5 Å². The summed E-state index contributed by atoms with van der Waals surface area (Å²) < 4.78 is 16.5. The number of carbonyl (C=O) groups is 2. The van der Waals surface area contributed by atoms with E-state index in [1.165, 1.54) is 36.7 Å². The fourth-order valence-corrected chi connectivity index (χ4v) is 4.90. The summed E-state index contributed by atoms with van der Waals surface area (Å²) in [5, 5.41) is 14.2. The van der Waals surface area contributed by atoms with Gasteiger partial charge in [-0.25, -0.2) is 9.78 Å². The smallest absolute Gasteiger partial charge is 0.371 e. The summed E-state index contributed by atoms with van der Waals surface area (Å²) in [6, 6.07) is 18.1. The van der Waals surface area contributed by atoms with Crippen molar-refractivity contribution >= 4 is 57.6 Å². The molecule has 4 rings (SSSR count). The molecule has 0 bridgehead atoms. The molecule has 0 unspecified atom stereocenters. The summed E-state index contributed by atoms with van der Waals surface area (Å²) in [6.45, 7) is 0.377. The summed E-state index contributed by atoms with van der Waals surface area (Å²) in [5.74, 6) is -1.04. The van der Waals surface area contributed by atoms with Gasteiger partial charge in [0, 0.05) is 22.1 Å². The van der Waals surface area contributed by atoms with Crippen LogP contribution in [-0.4, -0.2) is 36.2 Å². The second-order valence-electron chi connectivity index (χ2n) is 7.97. The zero-order valence-corrected chi connectivity index (χ0v) is 23.1. The number of thiazole rings is 1. The normalized spacial score (nSPS) is 11.1. The third-order valence-corrected chi connectivity index (χ3v) is 6.85. The molecule has 0 atom stereocenters. The summed E-state index contributed by atoms with van der Waals surface area (Å²) in [4.78, 5) is 28.7. The number of amides is 1. The van der Waals surface area contributed by atoms with E-state index in [-0.39, 0.29) is 26.9 Å². The Bertz CT molecular complexity index is 1520. The predicted octanol–water partition coefficient (Wildman–Crippen LogP) is 7.03. The zero-order chi connectivity index (χ0) is 27.9. The maximum Gasteiger partial charge on any atom is 0.371 e. The number of hydrogen-bond acceptors (Lipinski definition) is 7. The first-order chi connectivity index (χ1) is 18.8. The SMILES string of the molecule is COC(=Cc1c(Cl)cc(C(=O)Nc2nc(-c3cccc(OCc4ccccc4)c3OC)cs2)cc1Cl)C(=O)O. The van der Waals surface area contributed by atoms with E-state index in [1.807, 2.05) is 48.5 Å². The van der Waals surface area contributed by atoms with E-state index < -0.39 is 11.9 Å². The van der Waals surface area contributed by atoms with E-state index in [1.54, 1.807) is 12.5 Å². The number of halogens is 2. The lowest BCUT2D eigenvalue weighted by Gasteiger charge is -2.13. The van der Waals surface area contributed by atoms with Gasteiger partial charge in [0.05, 0.1) is 30.0 Å². The Hall–Kier alpha value is -4.05. The van der Waals surface area contributed by atoms with E-state index in [0.29, 0.717) is 34.5 Å². The molecule has 1 heterocycles. The van der Waals surface area contributed by atoms with Crippen LogP contribution in [0.5, 0.6) is 11.5 Å². The molecule has 0 aliphatic carbocycles. The number of aromatic nitrogens is 1. The van der Waals surface area contributed by atoms with Gasteiger partial charge < -0.3 is 19.3 Å². The van der Waals surface area contributed by atoms with Crippen LogP contribution in [0.2, 0.25) is 10.0 Å². The second kappa shape index (κ2) is 12.7. The van der Waals surface area contributed by atoms with Crippen LogP contribution in [0.1, 0.15) is 21.5 Å². The number of carboxylic acid groups (broad SMARTS) is 1. The Labute approximate surface area is 238 Å². The molecular weight excluding hydrogens is 563 g/mol. The number of anilines is 1. The van der Waals surface area contributed by atoms with E-state index in [9.17, 15) is 9.59 Å². The molecule has 11 heteroatoms. The second-order valence-corrected chi connectivity index (χ2v) is 9.65. The molecule has 1 aromatic heterocycles. The number of nitrogens with one attached hydrogen (secondary N) is 1. The molecule has 0 fully saturated rings. The Kier molecular flexibility index (Phi) is 9.08. The summed E-state index contributed by atoms with van der Waals surface area (Å²) in [5.41, 5.74) is 2.70. The van der Waals surface area contributed by atoms with Gasteiger partial charge in [0.25, 0.3) is 5.91 Å². The van der Waals surface area contributed by atoms with Gasteiger partial charge in [-0.2, -0.15) is 0 Å². The first-order valence-electron chi connectivity index (χ1n) is 11.4. The van der Waals surface area contributed by atoms with E-state index in [2.05, 4.69) is 10.3 Å². The lowest BCUT2D eigenvalue weighted by Crippen LogP contribution is -2.12. The Morgan fingerprint density at radius 1 is 1.05 bits per heavy atom. The number of benzene rings is 3. The number of carbonyl (C=O) groups excluding carboxylic acids is 1. The van der Waals surface area contributed by atoms with Crippen molar-refractivity contribution < 1.29 is 28.9 Å². The van der Waals surface area contributed by atoms with Crippen molar-refractivity contribution in [2.45, 2.75) is 6.61 Å². The maximum atomic E-state index is 12.9. The molecule has 0 radical (unpaired) electrons. The largest absolute Gasteiger partial charge is 0.492 e. The number of carboxylic acids is 1. The molecule has 0 saturated carbocycles. The van der Waals surface area contributed by atoms with E-state index in [4.69, 9.17) is 42.5 Å². The van der Waals surface area contributed by atoms with Crippen molar-refractivity contribution in [1.29, 1.82) is 0 Å². The molecule has 2 N–H and O–H groups in total. The lowest BCUT2D eigenvalue weighted by molar-refractivity contribution is -0.135. The van der Waals surface area contributed by atoms with Gasteiger partial charge in [-0.1, -0.05) is 59.6 Å². The van der Waals surface area contributed by atoms with E-state index >= 15 is 0 Å². The van der Waals surface area contributed by atoms with Crippen molar-refractivity contribution in [1.82, 2.24) is 4.98 Å². The highest BCUT2D eigenvalue weighted by molar-refractivity contribution is 7.14. The molecule has 0 aliphatic rings. The van der Waals surface area contributed by atoms with Crippen molar-refractivity contribution in [3.8, 4) is 22.8 Å². The first-order valence-corrected chi connectivity index (χ1v) is 13.0. The predicted molar refractivity (Wildman–Crippen MR) is 152 cm³/mol. The topological polar surface area (TPSA) is 107 Å². The minimum absolute atomic E-state index is 0.0836. The summed E-state index contributed by atoms with van der Waals surface area (Å²) >= 11 is 13.8. The number of rotatable bonds is 10. The number of aliphatic carboxylic acids is 1. The molecule has 200 valence electrons. The fraction of sp³-hybridized carbons (Fsp3) is 0.107. The van der Waals surface area contributed by atoms with Crippen LogP contribution < -0.4 is 14.8 Å². The zero-order valence-electron chi connectivity index (χ0n) is 20.7. The molecular formula is C28H22Cl2N2O6S. The van der Waals surface area contributed by atoms with Crippen molar-refractivity contribution in [2.24, 2.45) is 0 Å². The van der Waals surface area contributed by atoms with Crippen LogP contribution in [0.15, 0.2) is 71.8 Å². The average Bonchev–Trinajstić information content (AvgIpc) is 3.39. The van der Waals surface area contributed by atoms with Crippen LogP contribution in [0.25, 0.3) is 17.3 Å². The molecule has 8 nitrogen and oxygen atoms in total. The number of methoxy groups -OCH3 is 2. The highest BCUT2D eigenvalue weighted by atomic mass is 35.5. The molecule has 0 spiro atoms. The van der Waals surface area contributed by atoms with Crippen LogP contribution in [-0.2, 0) is 16.1 Å². The number of hydrogen-bond donors (Lipinski definition) is 2. The number of ether oxygens (including phenoxy) is 3. The third-order valence-electron chi connectivity index (χ3n) is 5.47. The van der Waals surface area contributed by atoms with Crippen LogP contribution in [0, 0.1) is 0 Å². The minimum Gasteiger partial charge on any atom is -0.492 e. The van der Waals surface area contributed by atoms with Gasteiger partial charge in [0.15, 0.2) is 16.6 Å². The molecule has 1 amide bonds. The van der Waals surface area contributed by atoms with Gasteiger partial charge in [0.1, 0.15) is 6.61 Å². The molecule has 0 saturated heterocycles. The third kappa shape index (κ3) is 6.69. The Morgan fingerprint density at radius 3 is 2.41 bits per heavy atom. The van der Waals surface area contributed by atoms with Crippen molar-refractivity contribution in [3.63, 3.8) is 0 Å². The van der Waals surface area contributed by atoms with Gasteiger partial charge in [-0.15, -0.1) is 11.3 Å². The summed E-state index contributed by atoms with van der Waals surface area (Å²) in [7, 11) is 2.77. The number of para-hydroxylation sites is 1. The highest BCUT2D eigenvalue weighted by Crippen LogP contribution is 2.39.